The summed E-state index contributed by atoms with van der Waals surface area (Å²) in [6.07, 6.45) is 0.615. The number of hydrogen-bond donors (Lipinski definition) is 1. The van der Waals surface area contributed by atoms with Crippen LogP contribution in [0.5, 0.6) is 0 Å². The van der Waals surface area contributed by atoms with Gasteiger partial charge in [-0.25, -0.2) is 8.78 Å². The monoisotopic (exact) mass is 376 g/mol. The molecule has 0 aliphatic rings. The third-order valence-electron chi connectivity index (χ3n) is 3.37. The van der Waals surface area contributed by atoms with Crippen LogP contribution < -0.4 is 5.32 Å². The van der Waals surface area contributed by atoms with Crippen LogP contribution in [0, 0.1) is 17.0 Å². The Kier molecular flexibility index (Phi) is 6.02. The van der Waals surface area contributed by atoms with Crippen LogP contribution in [0.1, 0.15) is 24.2 Å². The number of rotatable bonds is 8. The van der Waals surface area contributed by atoms with E-state index in [1.165, 1.54) is 13.1 Å². The molecule has 12 heteroatoms. The lowest BCUT2D eigenvalue weighted by molar-refractivity contribution is -0.386. The van der Waals surface area contributed by atoms with Gasteiger partial charge in [-0.15, -0.1) is 0 Å². The number of amides is 1. The molecule has 0 aliphatic carbocycles. The molecule has 0 saturated carbocycles. The van der Waals surface area contributed by atoms with Crippen molar-refractivity contribution in [2.75, 3.05) is 6.54 Å². The largest absolute Gasteiger partial charge is 0.354 e. The summed E-state index contributed by atoms with van der Waals surface area (Å²) in [7, 11) is 0. The average Bonchev–Trinajstić information content (AvgIpc) is 3.08. The molecule has 0 aromatic carbocycles. The first-order valence-electron chi connectivity index (χ1n) is 7.24. The predicted molar refractivity (Wildman–Crippen MR) is 83.4 cm³/mol. The molecule has 25 heavy (non-hydrogen) atoms. The van der Waals surface area contributed by atoms with Crippen LogP contribution in [0.15, 0.2) is 12.4 Å². The Hall–Kier alpha value is -2.56. The van der Waals surface area contributed by atoms with Crippen molar-refractivity contribution in [2.45, 2.75) is 32.9 Å². The van der Waals surface area contributed by atoms with E-state index in [2.05, 4.69) is 15.5 Å². The highest BCUT2D eigenvalue weighted by Crippen LogP contribution is 2.30. The number of carbonyl (C=O) groups excluding carboxylic acids is 1. The van der Waals surface area contributed by atoms with Crippen LogP contribution in [0.4, 0.5) is 14.5 Å². The summed E-state index contributed by atoms with van der Waals surface area (Å²) in [4.78, 5) is 21.8. The van der Waals surface area contributed by atoms with Gasteiger partial charge >= 0.3 is 5.69 Å². The molecule has 2 rings (SSSR count). The minimum Gasteiger partial charge on any atom is -0.354 e. The summed E-state index contributed by atoms with van der Waals surface area (Å²) in [5.74, 6) is -0.486. The van der Waals surface area contributed by atoms with Gasteiger partial charge in [0.1, 0.15) is 12.2 Å². The lowest BCUT2D eigenvalue weighted by Gasteiger charge is -2.06. The van der Waals surface area contributed by atoms with E-state index in [4.69, 9.17) is 11.6 Å². The molecule has 0 unspecified atom stereocenters. The molecular weight excluding hydrogens is 362 g/mol. The second kappa shape index (κ2) is 8.01. The Bertz CT molecular complexity index is 776. The lowest BCUT2D eigenvalue weighted by Crippen LogP contribution is -2.29. The summed E-state index contributed by atoms with van der Waals surface area (Å²) in [6.45, 7) is 1.74. The van der Waals surface area contributed by atoms with Crippen LogP contribution in [0.3, 0.4) is 0 Å². The average molecular weight is 377 g/mol. The molecule has 0 bridgehead atoms. The molecule has 0 saturated heterocycles. The van der Waals surface area contributed by atoms with Crippen molar-refractivity contribution in [3.05, 3.63) is 38.9 Å². The molecule has 2 aromatic rings. The van der Waals surface area contributed by atoms with Crippen LogP contribution in [0.2, 0.25) is 5.02 Å². The Labute approximate surface area is 145 Å². The Balaban J connectivity index is 1.89. The van der Waals surface area contributed by atoms with Gasteiger partial charge in [0, 0.05) is 19.3 Å². The summed E-state index contributed by atoms with van der Waals surface area (Å²) >= 11 is 5.72. The molecule has 0 fully saturated rings. The zero-order chi connectivity index (χ0) is 18.6. The highest BCUT2D eigenvalue weighted by atomic mass is 35.5. The topological polar surface area (TPSA) is 108 Å². The molecule has 2 heterocycles. The number of nitrogens with zero attached hydrogens (tertiary/aromatic N) is 5. The highest BCUT2D eigenvalue weighted by Gasteiger charge is 2.31. The molecule has 0 aliphatic heterocycles. The van der Waals surface area contributed by atoms with E-state index in [9.17, 15) is 23.7 Å². The van der Waals surface area contributed by atoms with Gasteiger partial charge < -0.3 is 5.32 Å². The molecule has 0 radical (unpaired) electrons. The van der Waals surface area contributed by atoms with Crippen molar-refractivity contribution >= 4 is 23.2 Å². The molecule has 136 valence electrons. The fourth-order valence-corrected chi connectivity index (χ4v) is 2.36. The van der Waals surface area contributed by atoms with Gasteiger partial charge in [-0.3, -0.25) is 24.3 Å². The van der Waals surface area contributed by atoms with Gasteiger partial charge in [-0.2, -0.15) is 10.2 Å². The van der Waals surface area contributed by atoms with Crippen molar-refractivity contribution in [3.63, 3.8) is 0 Å². The van der Waals surface area contributed by atoms with Gasteiger partial charge in [-0.05, 0) is 13.3 Å². The Morgan fingerprint density at radius 3 is 2.76 bits per heavy atom. The standard InChI is InChI=1S/C13H15ClF2N6O3/c1-8-12(22(24)25)11(13(15)16)19-21(8)7-10(23)17-3-2-4-20-6-9(14)5-18-20/h5-6,13H,2-4,7H2,1H3,(H,17,23). The molecular formula is C13H15ClF2N6O3. The number of nitro groups is 1. The Morgan fingerprint density at radius 1 is 1.52 bits per heavy atom. The van der Waals surface area contributed by atoms with Crippen molar-refractivity contribution in [1.82, 2.24) is 24.9 Å². The molecule has 9 nitrogen and oxygen atoms in total. The number of halogens is 3. The van der Waals surface area contributed by atoms with Gasteiger partial charge in [0.05, 0.1) is 16.1 Å². The normalized spacial score (nSPS) is 11.1. The van der Waals surface area contributed by atoms with Gasteiger partial charge in [-0.1, -0.05) is 11.6 Å². The molecule has 0 spiro atoms. The van der Waals surface area contributed by atoms with E-state index in [0.29, 0.717) is 24.5 Å². The summed E-state index contributed by atoms with van der Waals surface area (Å²) in [6, 6.07) is 0. The maximum Gasteiger partial charge on any atom is 0.319 e. The minimum absolute atomic E-state index is 0.0957. The molecule has 2 aromatic heterocycles. The lowest BCUT2D eigenvalue weighted by atomic mass is 10.3. The molecule has 1 amide bonds. The van der Waals surface area contributed by atoms with Crippen LogP contribution in [0.25, 0.3) is 0 Å². The third-order valence-corrected chi connectivity index (χ3v) is 3.57. The van der Waals surface area contributed by atoms with Crippen molar-refractivity contribution in [3.8, 4) is 0 Å². The fraction of sp³-hybridized carbons (Fsp3) is 0.462. The maximum atomic E-state index is 12.8. The number of alkyl halides is 2. The van der Waals surface area contributed by atoms with Gasteiger partial charge in [0.25, 0.3) is 6.43 Å². The van der Waals surface area contributed by atoms with E-state index >= 15 is 0 Å². The molecule has 1 N–H and O–H groups in total. The van der Waals surface area contributed by atoms with E-state index < -0.39 is 28.6 Å². The van der Waals surface area contributed by atoms with Crippen LogP contribution in [-0.4, -0.2) is 36.9 Å². The first-order chi connectivity index (χ1) is 11.8. The number of aryl methyl sites for hydroxylation is 1. The maximum absolute atomic E-state index is 12.8. The van der Waals surface area contributed by atoms with E-state index in [1.54, 1.807) is 10.9 Å². The Morgan fingerprint density at radius 2 is 2.24 bits per heavy atom. The molecule has 0 atom stereocenters. The van der Waals surface area contributed by atoms with E-state index in [-0.39, 0.29) is 12.2 Å². The van der Waals surface area contributed by atoms with E-state index in [0.717, 1.165) is 4.68 Å². The number of carbonyl (C=O) groups is 1. The first kappa shape index (κ1) is 18.8. The van der Waals surface area contributed by atoms with Crippen LogP contribution >= 0.6 is 11.6 Å². The van der Waals surface area contributed by atoms with Gasteiger partial charge in [0.2, 0.25) is 11.6 Å². The number of hydrogen-bond acceptors (Lipinski definition) is 5. The second-order valence-electron chi connectivity index (χ2n) is 5.16. The van der Waals surface area contributed by atoms with Crippen LogP contribution in [-0.2, 0) is 17.9 Å². The van der Waals surface area contributed by atoms with E-state index in [1.807, 2.05) is 0 Å². The summed E-state index contributed by atoms with van der Waals surface area (Å²) < 4.78 is 28.2. The second-order valence-corrected chi connectivity index (χ2v) is 5.60. The van der Waals surface area contributed by atoms with Crippen molar-refractivity contribution < 1.29 is 18.5 Å². The first-order valence-corrected chi connectivity index (χ1v) is 7.62. The van der Waals surface area contributed by atoms with Crippen molar-refractivity contribution in [1.29, 1.82) is 0 Å². The highest BCUT2D eigenvalue weighted by molar-refractivity contribution is 6.30. The minimum atomic E-state index is -3.09. The zero-order valence-corrected chi connectivity index (χ0v) is 13.9. The SMILES string of the molecule is Cc1c([N+](=O)[O-])c(C(F)F)nn1CC(=O)NCCCn1cc(Cl)cn1. The number of nitrogens with one attached hydrogen (secondary N) is 1. The van der Waals surface area contributed by atoms with Gasteiger partial charge in [0.15, 0.2) is 0 Å². The quantitative estimate of drug-likeness (QED) is 0.431. The third kappa shape index (κ3) is 4.72. The smallest absolute Gasteiger partial charge is 0.319 e. The summed E-state index contributed by atoms with van der Waals surface area (Å²) in [5.41, 5.74) is -1.80. The zero-order valence-electron chi connectivity index (χ0n) is 13.2. The number of aromatic nitrogens is 4. The van der Waals surface area contributed by atoms with Crippen molar-refractivity contribution in [2.24, 2.45) is 0 Å². The fourth-order valence-electron chi connectivity index (χ4n) is 2.21. The summed E-state index contributed by atoms with van der Waals surface area (Å²) in [5, 5.41) is 21.5. The predicted octanol–water partition coefficient (Wildman–Crippen LogP) is 2.09.